The average Bonchev–Trinajstić information content (AvgIpc) is 2.54. The molecular formula is C20H28O2. The number of benzene rings is 2. The largest absolute Gasteiger partial charge is 0.508 e. The molecule has 0 bridgehead atoms. The molecule has 0 fully saturated rings. The fourth-order valence-electron chi connectivity index (χ4n) is 2.21. The van der Waals surface area contributed by atoms with E-state index in [0.717, 1.165) is 30.4 Å². The van der Waals surface area contributed by atoms with E-state index in [-0.39, 0.29) is 0 Å². The van der Waals surface area contributed by atoms with E-state index in [1.54, 1.807) is 12.1 Å². The standard InChI is InChI=1S/2C10H14O/c1-3-8(2)9-6-4-5-7-10(9)11;1-2-3-6-9-7-4-5-8-10(9)11/h4-8,11H,3H2,1-2H3;4-5,7-8,11H,2-3,6H2,1H3. The third-order valence-corrected chi connectivity index (χ3v) is 3.87. The molecule has 2 aromatic carbocycles. The lowest BCUT2D eigenvalue weighted by Crippen LogP contribution is -1.90. The van der Waals surface area contributed by atoms with Crippen molar-refractivity contribution in [1.82, 2.24) is 0 Å². The van der Waals surface area contributed by atoms with Crippen molar-refractivity contribution in [3.8, 4) is 11.5 Å². The van der Waals surface area contributed by atoms with Crippen molar-refractivity contribution in [2.24, 2.45) is 0 Å². The quantitative estimate of drug-likeness (QED) is 0.750. The minimum absolute atomic E-state index is 0.418. The second kappa shape index (κ2) is 9.88. The Balaban J connectivity index is 0.000000220. The van der Waals surface area contributed by atoms with E-state index in [9.17, 15) is 10.2 Å². The molecule has 0 aliphatic rings. The van der Waals surface area contributed by atoms with Crippen molar-refractivity contribution in [2.45, 2.75) is 52.4 Å². The highest BCUT2D eigenvalue weighted by molar-refractivity contribution is 5.34. The van der Waals surface area contributed by atoms with Gasteiger partial charge in [0.2, 0.25) is 0 Å². The maximum Gasteiger partial charge on any atom is 0.119 e. The van der Waals surface area contributed by atoms with Gasteiger partial charge in [-0.2, -0.15) is 0 Å². The van der Waals surface area contributed by atoms with E-state index >= 15 is 0 Å². The number of phenols is 2. The highest BCUT2D eigenvalue weighted by Crippen LogP contribution is 2.26. The Hall–Kier alpha value is -1.96. The number of unbranched alkanes of at least 4 members (excludes halogenated alkanes) is 1. The zero-order valence-electron chi connectivity index (χ0n) is 13.9. The zero-order valence-corrected chi connectivity index (χ0v) is 13.9. The molecule has 2 rings (SSSR count). The molecule has 120 valence electrons. The predicted octanol–water partition coefficient (Wildman–Crippen LogP) is 5.64. The van der Waals surface area contributed by atoms with Crippen molar-refractivity contribution in [1.29, 1.82) is 0 Å². The fraction of sp³-hybridized carbons (Fsp3) is 0.400. The predicted molar refractivity (Wildman–Crippen MR) is 93.5 cm³/mol. The Kier molecular flexibility index (Phi) is 8.13. The van der Waals surface area contributed by atoms with Gasteiger partial charge >= 0.3 is 0 Å². The number of aryl methyl sites for hydroxylation is 1. The molecule has 1 unspecified atom stereocenters. The van der Waals surface area contributed by atoms with Crippen molar-refractivity contribution in [3.63, 3.8) is 0 Å². The molecular weight excluding hydrogens is 272 g/mol. The Bertz CT molecular complexity index is 549. The topological polar surface area (TPSA) is 40.5 Å². The Morgan fingerprint density at radius 2 is 1.45 bits per heavy atom. The third kappa shape index (κ3) is 5.80. The van der Waals surface area contributed by atoms with Crippen LogP contribution in [-0.4, -0.2) is 10.2 Å². The maximum atomic E-state index is 9.41. The summed E-state index contributed by atoms with van der Waals surface area (Å²) in [5.74, 6) is 1.30. The Labute approximate surface area is 134 Å². The van der Waals surface area contributed by atoms with Gasteiger partial charge in [0.15, 0.2) is 0 Å². The van der Waals surface area contributed by atoms with E-state index < -0.39 is 0 Å². The van der Waals surface area contributed by atoms with Gasteiger partial charge in [0.1, 0.15) is 11.5 Å². The second-order valence-corrected chi connectivity index (χ2v) is 5.60. The SMILES string of the molecule is CCC(C)c1ccccc1O.CCCCc1ccccc1O. The molecule has 22 heavy (non-hydrogen) atoms. The molecule has 0 aliphatic heterocycles. The summed E-state index contributed by atoms with van der Waals surface area (Å²) in [7, 11) is 0. The lowest BCUT2D eigenvalue weighted by atomic mass is 9.98. The summed E-state index contributed by atoms with van der Waals surface area (Å²) in [6.07, 6.45) is 4.38. The molecule has 0 radical (unpaired) electrons. The van der Waals surface area contributed by atoms with Crippen LogP contribution in [0.4, 0.5) is 0 Å². The van der Waals surface area contributed by atoms with Crippen LogP contribution in [0.1, 0.15) is 57.1 Å². The highest BCUT2D eigenvalue weighted by Gasteiger charge is 2.05. The summed E-state index contributed by atoms with van der Waals surface area (Å²) in [6.45, 7) is 6.39. The van der Waals surface area contributed by atoms with Crippen molar-refractivity contribution in [2.75, 3.05) is 0 Å². The van der Waals surface area contributed by atoms with Gasteiger partial charge in [-0.25, -0.2) is 0 Å². The summed E-state index contributed by atoms with van der Waals surface area (Å²) >= 11 is 0. The van der Waals surface area contributed by atoms with Crippen LogP contribution in [0, 0.1) is 0 Å². The number of hydrogen-bond donors (Lipinski definition) is 2. The van der Waals surface area contributed by atoms with Gasteiger partial charge in [0.05, 0.1) is 0 Å². The molecule has 0 amide bonds. The Morgan fingerprint density at radius 3 is 2.00 bits per heavy atom. The highest BCUT2D eigenvalue weighted by atomic mass is 16.3. The number of aromatic hydroxyl groups is 2. The average molecular weight is 300 g/mol. The molecule has 0 aromatic heterocycles. The van der Waals surface area contributed by atoms with Crippen LogP contribution in [-0.2, 0) is 6.42 Å². The summed E-state index contributed by atoms with van der Waals surface area (Å²) in [6, 6.07) is 15.1. The van der Waals surface area contributed by atoms with Gasteiger partial charge in [-0.3, -0.25) is 0 Å². The zero-order chi connectivity index (χ0) is 16.4. The number of para-hydroxylation sites is 2. The van der Waals surface area contributed by atoms with Crippen molar-refractivity contribution < 1.29 is 10.2 Å². The van der Waals surface area contributed by atoms with Gasteiger partial charge in [0.25, 0.3) is 0 Å². The monoisotopic (exact) mass is 300 g/mol. The lowest BCUT2D eigenvalue weighted by Gasteiger charge is -2.09. The van der Waals surface area contributed by atoms with Crippen LogP contribution in [0.25, 0.3) is 0 Å². The van der Waals surface area contributed by atoms with Crippen LogP contribution >= 0.6 is 0 Å². The summed E-state index contributed by atoms with van der Waals surface area (Å²) in [5.41, 5.74) is 2.12. The molecule has 0 aliphatic carbocycles. The first-order valence-electron chi connectivity index (χ1n) is 8.14. The molecule has 2 heteroatoms. The van der Waals surface area contributed by atoms with Gasteiger partial charge in [-0.05, 0) is 48.4 Å². The van der Waals surface area contributed by atoms with Crippen molar-refractivity contribution >= 4 is 0 Å². The van der Waals surface area contributed by atoms with E-state index in [1.807, 2.05) is 36.4 Å². The first-order valence-corrected chi connectivity index (χ1v) is 8.14. The summed E-state index contributed by atoms with van der Waals surface area (Å²) in [4.78, 5) is 0. The van der Waals surface area contributed by atoms with Crippen LogP contribution in [0.15, 0.2) is 48.5 Å². The molecule has 1 atom stereocenters. The molecule has 0 saturated heterocycles. The third-order valence-electron chi connectivity index (χ3n) is 3.87. The van der Waals surface area contributed by atoms with Gasteiger partial charge in [0, 0.05) is 0 Å². The van der Waals surface area contributed by atoms with Gasteiger partial charge < -0.3 is 10.2 Å². The second-order valence-electron chi connectivity index (χ2n) is 5.60. The fourth-order valence-corrected chi connectivity index (χ4v) is 2.21. The minimum atomic E-state index is 0.418. The smallest absolute Gasteiger partial charge is 0.119 e. The minimum Gasteiger partial charge on any atom is -0.508 e. The maximum absolute atomic E-state index is 9.41. The molecule has 0 saturated carbocycles. The van der Waals surface area contributed by atoms with E-state index in [0.29, 0.717) is 17.4 Å². The van der Waals surface area contributed by atoms with E-state index in [1.165, 1.54) is 6.42 Å². The summed E-state index contributed by atoms with van der Waals surface area (Å²) < 4.78 is 0. The van der Waals surface area contributed by atoms with Crippen LogP contribution in [0.2, 0.25) is 0 Å². The molecule has 0 heterocycles. The molecule has 0 spiro atoms. The lowest BCUT2D eigenvalue weighted by molar-refractivity contribution is 0.462. The van der Waals surface area contributed by atoms with Gasteiger partial charge in [-0.15, -0.1) is 0 Å². The molecule has 2 aromatic rings. The first kappa shape index (κ1) is 18.1. The molecule has 2 N–H and O–H groups in total. The van der Waals surface area contributed by atoms with E-state index in [4.69, 9.17) is 0 Å². The Morgan fingerprint density at radius 1 is 0.864 bits per heavy atom. The normalized spacial score (nSPS) is 11.4. The van der Waals surface area contributed by atoms with Crippen molar-refractivity contribution in [3.05, 3.63) is 59.7 Å². The van der Waals surface area contributed by atoms with Gasteiger partial charge in [-0.1, -0.05) is 63.6 Å². The van der Waals surface area contributed by atoms with E-state index in [2.05, 4.69) is 20.8 Å². The van der Waals surface area contributed by atoms with Crippen LogP contribution < -0.4 is 0 Å². The number of hydrogen-bond acceptors (Lipinski definition) is 2. The summed E-state index contributed by atoms with van der Waals surface area (Å²) in [5, 5.41) is 18.7. The first-order chi connectivity index (χ1) is 10.6. The number of phenolic OH excluding ortho intramolecular Hbond substituents is 2. The van der Waals surface area contributed by atoms with Crippen LogP contribution in [0.3, 0.4) is 0 Å². The van der Waals surface area contributed by atoms with Crippen LogP contribution in [0.5, 0.6) is 11.5 Å². The molecule has 2 nitrogen and oxygen atoms in total. The number of rotatable bonds is 5.